The van der Waals surface area contributed by atoms with Gasteiger partial charge in [-0.05, 0) is 35.4 Å². The van der Waals surface area contributed by atoms with E-state index >= 15 is 0 Å². The van der Waals surface area contributed by atoms with Crippen molar-refractivity contribution in [2.75, 3.05) is 6.54 Å². The van der Waals surface area contributed by atoms with E-state index in [-0.39, 0.29) is 11.8 Å². The Bertz CT molecular complexity index is 272. The number of carbonyl (C=O) groups is 1. The van der Waals surface area contributed by atoms with Crippen LogP contribution in [0.5, 0.6) is 0 Å². The molecule has 0 fully saturated rings. The summed E-state index contributed by atoms with van der Waals surface area (Å²) in [4.78, 5) is 11.5. The molecule has 0 spiro atoms. The first-order valence-electron chi connectivity index (χ1n) is 4.73. The molecule has 1 heterocycles. The molecule has 1 atom stereocenters. The van der Waals surface area contributed by atoms with Crippen molar-refractivity contribution in [3.63, 3.8) is 0 Å². The number of rotatable bonds is 5. The van der Waals surface area contributed by atoms with Crippen molar-refractivity contribution in [2.45, 2.75) is 19.9 Å². The van der Waals surface area contributed by atoms with E-state index in [4.69, 9.17) is 5.73 Å². The van der Waals surface area contributed by atoms with Crippen LogP contribution in [0.15, 0.2) is 16.8 Å². The molecule has 1 unspecified atom stereocenters. The molecule has 1 aromatic rings. The van der Waals surface area contributed by atoms with Crippen LogP contribution in [-0.4, -0.2) is 12.5 Å². The average molecular weight is 212 g/mol. The summed E-state index contributed by atoms with van der Waals surface area (Å²) in [7, 11) is 0. The zero-order valence-corrected chi connectivity index (χ0v) is 9.14. The van der Waals surface area contributed by atoms with Crippen LogP contribution in [-0.2, 0) is 11.3 Å². The van der Waals surface area contributed by atoms with Crippen LogP contribution < -0.4 is 11.1 Å². The maximum absolute atomic E-state index is 11.5. The minimum Gasteiger partial charge on any atom is -0.352 e. The number of nitrogens with two attached hydrogens (primary N) is 1. The molecule has 1 amide bonds. The molecule has 14 heavy (non-hydrogen) atoms. The Morgan fingerprint density at radius 1 is 1.71 bits per heavy atom. The van der Waals surface area contributed by atoms with Crippen molar-refractivity contribution < 1.29 is 4.79 Å². The lowest BCUT2D eigenvalue weighted by atomic mass is 10.1. The van der Waals surface area contributed by atoms with Gasteiger partial charge in [0.1, 0.15) is 0 Å². The summed E-state index contributed by atoms with van der Waals surface area (Å²) >= 11 is 1.64. The van der Waals surface area contributed by atoms with Crippen molar-refractivity contribution in [3.05, 3.63) is 22.4 Å². The number of amides is 1. The first-order chi connectivity index (χ1) is 6.74. The molecule has 3 nitrogen and oxygen atoms in total. The van der Waals surface area contributed by atoms with Gasteiger partial charge in [-0.3, -0.25) is 4.79 Å². The monoisotopic (exact) mass is 212 g/mol. The standard InChI is InChI=1S/C10H16N2OS/c1-8(2-4-11)10(13)12-6-9-3-5-14-7-9/h3,5,7-8H,2,4,6,11H2,1H3,(H,12,13). The van der Waals surface area contributed by atoms with Gasteiger partial charge >= 0.3 is 0 Å². The van der Waals surface area contributed by atoms with E-state index in [1.807, 2.05) is 23.8 Å². The molecule has 4 heteroatoms. The molecule has 0 bridgehead atoms. The fraction of sp³-hybridized carbons (Fsp3) is 0.500. The van der Waals surface area contributed by atoms with Crippen molar-refractivity contribution >= 4 is 17.2 Å². The van der Waals surface area contributed by atoms with E-state index < -0.39 is 0 Å². The fourth-order valence-corrected chi connectivity index (χ4v) is 1.81. The predicted molar refractivity (Wildman–Crippen MR) is 59.0 cm³/mol. The molecule has 0 radical (unpaired) electrons. The third-order valence-electron chi connectivity index (χ3n) is 2.09. The number of hydrogen-bond donors (Lipinski definition) is 2. The summed E-state index contributed by atoms with van der Waals surface area (Å²) in [6.07, 6.45) is 0.746. The molecule has 1 aromatic heterocycles. The van der Waals surface area contributed by atoms with Gasteiger partial charge in [0, 0.05) is 12.5 Å². The van der Waals surface area contributed by atoms with Crippen molar-refractivity contribution in [1.82, 2.24) is 5.32 Å². The normalized spacial score (nSPS) is 12.4. The van der Waals surface area contributed by atoms with Gasteiger partial charge in [-0.15, -0.1) is 0 Å². The summed E-state index contributed by atoms with van der Waals surface area (Å²) in [5.74, 6) is 0.0975. The molecule has 0 aliphatic carbocycles. The second-order valence-corrected chi connectivity index (χ2v) is 4.11. The first-order valence-corrected chi connectivity index (χ1v) is 5.67. The maximum Gasteiger partial charge on any atom is 0.223 e. The minimum absolute atomic E-state index is 0.0126. The highest BCUT2D eigenvalue weighted by Gasteiger charge is 2.10. The fourth-order valence-electron chi connectivity index (χ4n) is 1.14. The highest BCUT2D eigenvalue weighted by Crippen LogP contribution is 2.06. The quantitative estimate of drug-likeness (QED) is 0.774. The number of hydrogen-bond acceptors (Lipinski definition) is 3. The highest BCUT2D eigenvalue weighted by molar-refractivity contribution is 7.07. The molecule has 78 valence electrons. The summed E-state index contributed by atoms with van der Waals surface area (Å²) in [6, 6.07) is 2.01. The van der Waals surface area contributed by atoms with E-state index in [0.717, 1.165) is 12.0 Å². The van der Waals surface area contributed by atoms with Crippen molar-refractivity contribution in [2.24, 2.45) is 11.7 Å². The second-order valence-electron chi connectivity index (χ2n) is 3.33. The van der Waals surface area contributed by atoms with Crippen LogP contribution in [0.4, 0.5) is 0 Å². The Labute approximate surface area is 88.3 Å². The van der Waals surface area contributed by atoms with E-state index in [1.54, 1.807) is 11.3 Å². The average Bonchev–Trinajstić information content (AvgIpc) is 2.67. The van der Waals surface area contributed by atoms with Gasteiger partial charge in [0.25, 0.3) is 0 Å². The Balaban J connectivity index is 2.27. The van der Waals surface area contributed by atoms with Crippen LogP contribution in [0.25, 0.3) is 0 Å². The summed E-state index contributed by atoms with van der Waals surface area (Å²) in [6.45, 7) is 3.08. The molecule has 0 saturated heterocycles. The van der Waals surface area contributed by atoms with Gasteiger partial charge in [0.15, 0.2) is 0 Å². The Kier molecular flexibility index (Phi) is 4.62. The van der Waals surface area contributed by atoms with E-state index in [1.165, 1.54) is 0 Å². The molecular formula is C10H16N2OS. The first kappa shape index (κ1) is 11.2. The third kappa shape index (κ3) is 3.47. The van der Waals surface area contributed by atoms with Gasteiger partial charge in [-0.1, -0.05) is 6.92 Å². The number of nitrogens with one attached hydrogen (secondary N) is 1. The van der Waals surface area contributed by atoms with Crippen LogP contribution in [0, 0.1) is 5.92 Å². The molecular weight excluding hydrogens is 196 g/mol. The van der Waals surface area contributed by atoms with Crippen molar-refractivity contribution in [1.29, 1.82) is 0 Å². The Morgan fingerprint density at radius 3 is 3.07 bits per heavy atom. The molecule has 1 rings (SSSR count). The zero-order chi connectivity index (χ0) is 10.4. The molecule has 0 aromatic carbocycles. The highest BCUT2D eigenvalue weighted by atomic mass is 32.1. The van der Waals surface area contributed by atoms with Gasteiger partial charge in [-0.2, -0.15) is 11.3 Å². The summed E-state index contributed by atoms with van der Waals surface area (Å²) in [5.41, 5.74) is 6.54. The SMILES string of the molecule is CC(CCN)C(=O)NCc1ccsc1. The van der Waals surface area contributed by atoms with E-state index in [0.29, 0.717) is 13.1 Å². The van der Waals surface area contributed by atoms with Gasteiger partial charge in [-0.25, -0.2) is 0 Å². The third-order valence-corrected chi connectivity index (χ3v) is 2.83. The Morgan fingerprint density at radius 2 is 2.50 bits per heavy atom. The molecule has 0 saturated carbocycles. The molecule has 0 aliphatic heterocycles. The molecule has 3 N–H and O–H groups in total. The van der Waals surface area contributed by atoms with Crippen LogP contribution in [0.3, 0.4) is 0 Å². The minimum atomic E-state index is 0.0126. The Hall–Kier alpha value is -0.870. The smallest absolute Gasteiger partial charge is 0.223 e. The van der Waals surface area contributed by atoms with Crippen LogP contribution in [0.1, 0.15) is 18.9 Å². The van der Waals surface area contributed by atoms with Crippen LogP contribution >= 0.6 is 11.3 Å². The van der Waals surface area contributed by atoms with Gasteiger partial charge in [0.2, 0.25) is 5.91 Å². The second kappa shape index (κ2) is 5.78. The lowest BCUT2D eigenvalue weighted by Gasteiger charge is -2.09. The predicted octanol–water partition coefficient (Wildman–Crippen LogP) is 1.35. The number of carbonyl (C=O) groups excluding carboxylic acids is 1. The topological polar surface area (TPSA) is 55.1 Å². The lowest BCUT2D eigenvalue weighted by molar-refractivity contribution is -0.124. The maximum atomic E-state index is 11.5. The van der Waals surface area contributed by atoms with Gasteiger partial charge < -0.3 is 11.1 Å². The summed E-state index contributed by atoms with van der Waals surface area (Å²) in [5, 5.41) is 6.92. The number of thiophene rings is 1. The van der Waals surface area contributed by atoms with Crippen molar-refractivity contribution in [3.8, 4) is 0 Å². The van der Waals surface area contributed by atoms with E-state index in [2.05, 4.69) is 5.32 Å². The van der Waals surface area contributed by atoms with Gasteiger partial charge in [0.05, 0.1) is 0 Å². The lowest BCUT2D eigenvalue weighted by Crippen LogP contribution is -2.29. The largest absolute Gasteiger partial charge is 0.352 e. The van der Waals surface area contributed by atoms with Crippen LogP contribution in [0.2, 0.25) is 0 Å². The van der Waals surface area contributed by atoms with E-state index in [9.17, 15) is 4.79 Å². The summed E-state index contributed by atoms with van der Waals surface area (Å²) < 4.78 is 0. The zero-order valence-electron chi connectivity index (χ0n) is 8.32. The molecule has 0 aliphatic rings.